The Balaban J connectivity index is 1.99. The van der Waals surface area contributed by atoms with Crippen molar-refractivity contribution >= 4 is 17.8 Å². The third-order valence-corrected chi connectivity index (χ3v) is 4.41. The zero-order chi connectivity index (χ0) is 19.4. The number of urea groups is 1. The largest absolute Gasteiger partial charge is 0.489 e. The number of hydrogen-bond donors (Lipinski definition) is 3. The molecule has 1 unspecified atom stereocenters. The summed E-state index contributed by atoms with van der Waals surface area (Å²) in [6.45, 7) is 6.42. The van der Waals surface area contributed by atoms with Crippen LogP contribution in [0, 0.1) is 0 Å². The molecule has 3 rings (SSSR count). The van der Waals surface area contributed by atoms with Crippen molar-refractivity contribution in [2.24, 2.45) is 0 Å². The lowest BCUT2D eigenvalue weighted by Crippen LogP contribution is -2.53. The molecule has 0 spiro atoms. The summed E-state index contributed by atoms with van der Waals surface area (Å²) in [5.41, 5.74) is 1.51. The predicted molar refractivity (Wildman–Crippen MR) is 98.8 cm³/mol. The van der Waals surface area contributed by atoms with Gasteiger partial charge in [-0.1, -0.05) is 30.9 Å². The van der Waals surface area contributed by atoms with Crippen LogP contribution in [-0.4, -0.2) is 49.0 Å². The average molecular weight is 370 g/mol. The van der Waals surface area contributed by atoms with Gasteiger partial charge in [0.05, 0.1) is 18.2 Å². The normalized spacial score (nSPS) is 19.7. The molecule has 1 aromatic carbocycles. The monoisotopic (exact) mass is 370 g/mol. The molecule has 0 saturated carbocycles. The number of allylic oxidation sites excluding steroid dienone is 1. The molecule has 8 nitrogen and oxygen atoms in total. The average Bonchev–Trinajstić information content (AvgIpc) is 2.65. The fourth-order valence-corrected chi connectivity index (χ4v) is 3.19. The summed E-state index contributed by atoms with van der Waals surface area (Å²) in [6.07, 6.45) is 1.62. The van der Waals surface area contributed by atoms with E-state index < -0.39 is 12.1 Å². The van der Waals surface area contributed by atoms with Crippen LogP contribution < -0.4 is 20.7 Å². The molecule has 1 atom stereocenters. The highest BCUT2D eigenvalue weighted by molar-refractivity contribution is 6.00. The molecule has 2 heterocycles. The van der Waals surface area contributed by atoms with Crippen LogP contribution in [0.2, 0.25) is 0 Å². The van der Waals surface area contributed by atoms with Gasteiger partial charge in [0.25, 0.3) is 5.91 Å². The van der Waals surface area contributed by atoms with Gasteiger partial charge in [0.1, 0.15) is 12.4 Å². The molecule has 1 saturated heterocycles. The number of carbonyl (C=O) groups excluding carboxylic acids is 3. The summed E-state index contributed by atoms with van der Waals surface area (Å²) in [5, 5.41) is 8.15. The second-order valence-corrected chi connectivity index (χ2v) is 6.28. The number of para-hydroxylation sites is 1. The molecule has 0 bridgehead atoms. The van der Waals surface area contributed by atoms with Crippen molar-refractivity contribution in [1.29, 1.82) is 0 Å². The zero-order valence-electron chi connectivity index (χ0n) is 15.1. The minimum Gasteiger partial charge on any atom is -0.489 e. The number of benzene rings is 1. The molecule has 2 aliphatic heterocycles. The van der Waals surface area contributed by atoms with Crippen molar-refractivity contribution in [3.05, 3.63) is 53.8 Å². The zero-order valence-corrected chi connectivity index (χ0v) is 15.1. The highest BCUT2D eigenvalue weighted by Gasteiger charge is 2.36. The van der Waals surface area contributed by atoms with Gasteiger partial charge in [-0.05, 0) is 13.0 Å². The van der Waals surface area contributed by atoms with Gasteiger partial charge < -0.3 is 25.6 Å². The Bertz CT molecular complexity index is 818. The lowest BCUT2D eigenvalue weighted by atomic mass is 9.93. The summed E-state index contributed by atoms with van der Waals surface area (Å²) in [5.74, 6) is 0.0596. The molecule has 4 amide bonds. The van der Waals surface area contributed by atoms with Crippen LogP contribution in [0.15, 0.2) is 48.2 Å². The first-order valence-corrected chi connectivity index (χ1v) is 8.68. The van der Waals surface area contributed by atoms with Crippen molar-refractivity contribution in [1.82, 2.24) is 20.9 Å². The maximum Gasteiger partial charge on any atom is 0.319 e. The molecule has 8 heteroatoms. The van der Waals surface area contributed by atoms with E-state index >= 15 is 0 Å². The Morgan fingerprint density at radius 2 is 2.15 bits per heavy atom. The lowest BCUT2D eigenvalue weighted by Gasteiger charge is -2.34. The van der Waals surface area contributed by atoms with E-state index in [4.69, 9.17) is 4.74 Å². The first-order valence-electron chi connectivity index (χ1n) is 8.68. The van der Waals surface area contributed by atoms with Gasteiger partial charge in [-0.2, -0.15) is 0 Å². The van der Waals surface area contributed by atoms with Gasteiger partial charge in [0, 0.05) is 24.4 Å². The molecule has 0 aromatic heterocycles. The van der Waals surface area contributed by atoms with Crippen LogP contribution in [0.1, 0.15) is 18.5 Å². The SMILES string of the molecule is C=CCOc1ccccc1C1NC(=O)NC(C)=C1C(=O)N1CCNC(=O)C1. The number of ether oxygens (including phenoxy) is 1. The molecule has 0 radical (unpaired) electrons. The number of nitrogens with zero attached hydrogens (tertiary/aromatic N) is 1. The Morgan fingerprint density at radius 3 is 2.89 bits per heavy atom. The van der Waals surface area contributed by atoms with Crippen LogP contribution in [-0.2, 0) is 9.59 Å². The highest BCUT2D eigenvalue weighted by Crippen LogP contribution is 2.34. The second kappa shape index (κ2) is 7.94. The van der Waals surface area contributed by atoms with E-state index in [9.17, 15) is 14.4 Å². The van der Waals surface area contributed by atoms with Crippen LogP contribution in [0.4, 0.5) is 4.79 Å². The van der Waals surface area contributed by atoms with E-state index in [2.05, 4.69) is 22.5 Å². The van der Waals surface area contributed by atoms with Crippen molar-refractivity contribution < 1.29 is 19.1 Å². The second-order valence-electron chi connectivity index (χ2n) is 6.28. The van der Waals surface area contributed by atoms with E-state index in [-0.39, 0.29) is 18.4 Å². The fourth-order valence-electron chi connectivity index (χ4n) is 3.19. The molecular formula is C19H22N4O4. The number of amides is 4. The molecule has 3 N–H and O–H groups in total. The summed E-state index contributed by atoms with van der Waals surface area (Å²) < 4.78 is 5.70. The molecule has 2 aliphatic rings. The Kier molecular flexibility index (Phi) is 5.44. The Labute approximate surface area is 157 Å². The third-order valence-electron chi connectivity index (χ3n) is 4.41. The first-order chi connectivity index (χ1) is 13.0. The Hall–Kier alpha value is -3.29. The number of nitrogens with one attached hydrogen (secondary N) is 3. The standard InChI is InChI=1S/C19H22N4O4/c1-3-10-27-14-7-5-4-6-13(14)17-16(12(2)21-19(26)22-17)18(25)23-9-8-20-15(24)11-23/h3-7,17H,1,8-11H2,2H3,(H,20,24)(H2,21,22,26). The summed E-state index contributed by atoms with van der Waals surface area (Å²) in [7, 11) is 0. The van der Waals surface area contributed by atoms with Gasteiger partial charge >= 0.3 is 6.03 Å². The van der Waals surface area contributed by atoms with Crippen LogP contribution in [0.3, 0.4) is 0 Å². The van der Waals surface area contributed by atoms with Crippen LogP contribution in [0.25, 0.3) is 0 Å². The van der Waals surface area contributed by atoms with Gasteiger partial charge in [-0.25, -0.2) is 4.79 Å². The predicted octanol–water partition coefficient (Wildman–Crippen LogP) is 0.838. The molecule has 27 heavy (non-hydrogen) atoms. The van der Waals surface area contributed by atoms with Crippen molar-refractivity contribution in [3.63, 3.8) is 0 Å². The van der Waals surface area contributed by atoms with Crippen LogP contribution in [0.5, 0.6) is 5.75 Å². The summed E-state index contributed by atoms with van der Waals surface area (Å²) >= 11 is 0. The van der Waals surface area contributed by atoms with Crippen molar-refractivity contribution in [3.8, 4) is 5.75 Å². The third kappa shape index (κ3) is 3.94. The van der Waals surface area contributed by atoms with E-state index in [0.29, 0.717) is 42.3 Å². The smallest absolute Gasteiger partial charge is 0.319 e. The molecular weight excluding hydrogens is 348 g/mol. The van der Waals surface area contributed by atoms with Gasteiger partial charge in [0.15, 0.2) is 0 Å². The van der Waals surface area contributed by atoms with Crippen LogP contribution >= 0.6 is 0 Å². The van der Waals surface area contributed by atoms with Gasteiger partial charge in [-0.3, -0.25) is 9.59 Å². The first kappa shape index (κ1) is 18.5. The van der Waals surface area contributed by atoms with E-state index in [0.717, 1.165) is 0 Å². The number of piperazine rings is 1. The van der Waals surface area contributed by atoms with E-state index in [1.54, 1.807) is 25.1 Å². The lowest BCUT2D eigenvalue weighted by molar-refractivity contribution is -0.135. The highest BCUT2D eigenvalue weighted by atomic mass is 16.5. The van der Waals surface area contributed by atoms with Crippen molar-refractivity contribution in [2.45, 2.75) is 13.0 Å². The summed E-state index contributed by atoms with van der Waals surface area (Å²) in [6, 6.07) is 6.13. The van der Waals surface area contributed by atoms with Gasteiger partial charge in [0.2, 0.25) is 5.91 Å². The fraction of sp³-hybridized carbons (Fsp3) is 0.316. The topological polar surface area (TPSA) is 99.8 Å². The minimum atomic E-state index is -0.683. The van der Waals surface area contributed by atoms with Crippen molar-refractivity contribution in [2.75, 3.05) is 26.2 Å². The quantitative estimate of drug-likeness (QED) is 0.669. The number of hydrogen-bond acceptors (Lipinski definition) is 4. The van der Waals surface area contributed by atoms with Gasteiger partial charge in [-0.15, -0.1) is 0 Å². The molecule has 1 fully saturated rings. The number of carbonyl (C=O) groups is 3. The molecule has 0 aliphatic carbocycles. The van der Waals surface area contributed by atoms with E-state index in [1.807, 2.05) is 12.1 Å². The number of rotatable bonds is 5. The minimum absolute atomic E-state index is 0.00904. The molecule has 1 aromatic rings. The molecule has 142 valence electrons. The maximum absolute atomic E-state index is 13.2. The Morgan fingerprint density at radius 1 is 1.37 bits per heavy atom. The summed E-state index contributed by atoms with van der Waals surface area (Å²) in [4.78, 5) is 38.4. The van der Waals surface area contributed by atoms with E-state index in [1.165, 1.54) is 4.90 Å². The maximum atomic E-state index is 13.2.